The van der Waals surface area contributed by atoms with Crippen molar-refractivity contribution < 1.29 is 10.2 Å². The lowest BCUT2D eigenvalue weighted by molar-refractivity contribution is -0.155. The molecule has 4 aliphatic carbocycles. The molecule has 144 valence electrons. The zero-order chi connectivity index (χ0) is 18.3. The van der Waals surface area contributed by atoms with Crippen LogP contribution in [-0.4, -0.2) is 21.4 Å². The zero-order valence-corrected chi connectivity index (χ0v) is 17.1. The van der Waals surface area contributed by atoms with E-state index < -0.39 is 11.2 Å². The molecule has 0 saturated heterocycles. The Morgan fingerprint density at radius 3 is 2.16 bits per heavy atom. The predicted molar refractivity (Wildman–Crippen MR) is 102 cm³/mol. The van der Waals surface area contributed by atoms with Crippen LogP contribution in [0.25, 0.3) is 0 Å². The Labute approximate surface area is 154 Å². The Kier molecular flexibility index (Phi) is 4.00. The van der Waals surface area contributed by atoms with Crippen molar-refractivity contribution in [3.8, 4) is 0 Å². The summed E-state index contributed by atoms with van der Waals surface area (Å²) in [6, 6.07) is 0. The summed E-state index contributed by atoms with van der Waals surface area (Å²) in [6.07, 6.45) is 11.1. The first-order valence-electron chi connectivity index (χ1n) is 10.9. The van der Waals surface area contributed by atoms with Gasteiger partial charge in [-0.1, -0.05) is 13.8 Å². The van der Waals surface area contributed by atoms with E-state index in [0.29, 0.717) is 22.7 Å². The predicted octanol–water partition coefficient (Wildman–Crippen LogP) is 5.17. The summed E-state index contributed by atoms with van der Waals surface area (Å²) < 4.78 is 0. The highest BCUT2D eigenvalue weighted by Crippen LogP contribution is 2.68. The summed E-state index contributed by atoms with van der Waals surface area (Å²) in [5, 5.41) is 21.4. The van der Waals surface area contributed by atoms with E-state index in [-0.39, 0.29) is 0 Å². The lowest BCUT2D eigenvalue weighted by Crippen LogP contribution is -2.56. The van der Waals surface area contributed by atoms with Gasteiger partial charge in [0.2, 0.25) is 0 Å². The van der Waals surface area contributed by atoms with Crippen LogP contribution in [0, 0.1) is 40.4 Å². The molecule has 2 unspecified atom stereocenters. The monoisotopic (exact) mass is 348 g/mol. The lowest BCUT2D eigenvalue weighted by atomic mass is 9.43. The smallest absolute Gasteiger partial charge is 0.0625 e. The standard InChI is InChI=1S/C23H40O2/c1-20(2,24)19-9-8-17-16-7-6-15-14-21(3,25)12-13-22(15,4)18(16)10-11-23(17,19)5/h15-19,24-25H,6-14H2,1-5H3/t15?,16-,17-,18-,19+,21?,22-,23-/m0/s1. The van der Waals surface area contributed by atoms with Gasteiger partial charge in [-0.15, -0.1) is 0 Å². The molecule has 0 bridgehead atoms. The number of rotatable bonds is 1. The molecule has 4 aliphatic rings. The molecule has 2 N–H and O–H groups in total. The van der Waals surface area contributed by atoms with Crippen molar-refractivity contribution in [3.63, 3.8) is 0 Å². The first kappa shape index (κ1) is 18.3. The molecule has 2 nitrogen and oxygen atoms in total. The van der Waals surface area contributed by atoms with Gasteiger partial charge in [-0.05, 0) is 119 Å². The second-order valence-electron chi connectivity index (χ2n) is 11.7. The molecule has 0 aliphatic heterocycles. The number of hydrogen-bond acceptors (Lipinski definition) is 2. The van der Waals surface area contributed by atoms with Gasteiger partial charge >= 0.3 is 0 Å². The van der Waals surface area contributed by atoms with Gasteiger partial charge in [0.15, 0.2) is 0 Å². The Hall–Kier alpha value is -0.0800. The van der Waals surface area contributed by atoms with Crippen molar-refractivity contribution >= 4 is 0 Å². The quantitative estimate of drug-likeness (QED) is 0.686. The van der Waals surface area contributed by atoms with Crippen molar-refractivity contribution in [1.82, 2.24) is 0 Å². The van der Waals surface area contributed by atoms with E-state index in [4.69, 9.17) is 0 Å². The summed E-state index contributed by atoms with van der Waals surface area (Å²) in [5.41, 5.74) is -0.192. The Balaban J connectivity index is 1.60. The molecule has 0 aromatic rings. The maximum Gasteiger partial charge on any atom is 0.0625 e. The molecule has 0 aromatic carbocycles. The highest BCUT2D eigenvalue weighted by Gasteiger charge is 2.62. The van der Waals surface area contributed by atoms with E-state index in [1.807, 2.05) is 13.8 Å². The van der Waals surface area contributed by atoms with E-state index in [2.05, 4.69) is 20.8 Å². The third kappa shape index (κ3) is 2.64. The fraction of sp³-hybridized carbons (Fsp3) is 1.00. The highest BCUT2D eigenvalue weighted by molar-refractivity contribution is 5.11. The van der Waals surface area contributed by atoms with Crippen LogP contribution in [0.3, 0.4) is 0 Å². The van der Waals surface area contributed by atoms with Crippen LogP contribution in [0.4, 0.5) is 0 Å². The first-order chi connectivity index (χ1) is 11.5. The second-order valence-corrected chi connectivity index (χ2v) is 11.7. The van der Waals surface area contributed by atoms with Gasteiger partial charge in [0.1, 0.15) is 0 Å². The largest absolute Gasteiger partial charge is 0.390 e. The molecule has 4 saturated carbocycles. The minimum atomic E-state index is -0.541. The Bertz CT molecular complexity index is 533. The second kappa shape index (κ2) is 5.47. The van der Waals surface area contributed by atoms with E-state index >= 15 is 0 Å². The molecule has 0 heterocycles. The maximum absolute atomic E-state index is 10.8. The van der Waals surface area contributed by atoms with Gasteiger partial charge in [0.05, 0.1) is 11.2 Å². The third-order valence-corrected chi connectivity index (χ3v) is 9.81. The number of hydrogen-bond donors (Lipinski definition) is 2. The van der Waals surface area contributed by atoms with E-state index in [9.17, 15) is 10.2 Å². The van der Waals surface area contributed by atoms with Crippen LogP contribution in [0.2, 0.25) is 0 Å². The van der Waals surface area contributed by atoms with Crippen LogP contribution in [0.5, 0.6) is 0 Å². The van der Waals surface area contributed by atoms with Crippen molar-refractivity contribution in [1.29, 1.82) is 0 Å². The average Bonchev–Trinajstić information content (AvgIpc) is 2.85. The van der Waals surface area contributed by atoms with Crippen LogP contribution in [0.15, 0.2) is 0 Å². The van der Waals surface area contributed by atoms with Gasteiger partial charge in [-0.3, -0.25) is 0 Å². The molecule has 0 spiro atoms. The molecule has 0 amide bonds. The van der Waals surface area contributed by atoms with E-state index in [1.54, 1.807) is 0 Å². The van der Waals surface area contributed by atoms with Gasteiger partial charge in [0, 0.05) is 0 Å². The van der Waals surface area contributed by atoms with Crippen molar-refractivity contribution in [3.05, 3.63) is 0 Å². The molecule has 2 heteroatoms. The molecule has 0 aromatic heterocycles. The van der Waals surface area contributed by atoms with Crippen LogP contribution < -0.4 is 0 Å². The van der Waals surface area contributed by atoms with Gasteiger partial charge in [-0.25, -0.2) is 0 Å². The highest BCUT2D eigenvalue weighted by atomic mass is 16.3. The Morgan fingerprint density at radius 2 is 1.48 bits per heavy atom. The van der Waals surface area contributed by atoms with Crippen LogP contribution >= 0.6 is 0 Å². The lowest BCUT2D eigenvalue weighted by Gasteiger charge is -2.62. The maximum atomic E-state index is 10.8. The molecule has 0 radical (unpaired) electrons. The normalized spacial score (nSPS) is 56.0. The molecule has 8 atom stereocenters. The fourth-order valence-electron chi connectivity index (χ4n) is 8.59. The molecule has 4 fully saturated rings. The molecular weight excluding hydrogens is 308 g/mol. The SMILES string of the molecule is CC1(O)CC[C@@]2(C)C(CC[C@H]3[C@@H]4CC[C@H](C(C)(C)O)[C@@]4(C)CC[C@@H]32)C1. The molecule has 4 rings (SSSR count). The minimum Gasteiger partial charge on any atom is -0.390 e. The third-order valence-electron chi connectivity index (χ3n) is 9.81. The van der Waals surface area contributed by atoms with Gasteiger partial charge in [0.25, 0.3) is 0 Å². The summed E-state index contributed by atoms with van der Waals surface area (Å²) in [4.78, 5) is 0. The van der Waals surface area contributed by atoms with E-state index in [0.717, 1.165) is 30.6 Å². The fourth-order valence-corrected chi connectivity index (χ4v) is 8.59. The van der Waals surface area contributed by atoms with Crippen molar-refractivity contribution in [2.45, 2.75) is 104 Å². The minimum absolute atomic E-state index is 0.336. The first-order valence-corrected chi connectivity index (χ1v) is 10.9. The molecular formula is C23H40O2. The van der Waals surface area contributed by atoms with Gasteiger partial charge in [-0.2, -0.15) is 0 Å². The summed E-state index contributed by atoms with van der Waals surface area (Å²) in [7, 11) is 0. The topological polar surface area (TPSA) is 40.5 Å². The average molecular weight is 349 g/mol. The summed E-state index contributed by atoms with van der Waals surface area (Å²) in [5.74, 6) is 3.69. The van der Waals surface area contributed by atoms with Crippen LogP contribution in [0.1, 0.15) is 92.4 Å². The van der Waals surface area contributed by atoms with E-state index in [1.165, 1.54) is 44.9 Å². The Morgan fingerprint density at radius 1 is 0.800 bits per heavy atom. The van der Waals surface area contributed by atoms with Crippen molar-refractivity contribution in [2.24, 2.45) is 40.4 Å². The summed E-state index contributed by atoms with van der Waals surface area (Å²) >= 11 is 0. The zero-order valence-electron chi connectivity index (χ0n) is 17.1. The van der Waals surface area contributed by atoms with Crippen molar-refractivity contribution in [2.75, 3.05) is 0 Å². The van der Waals surface area contributed by atoms with Gasteiger partial charge < -0.3 is 10.2 Å². The molecule has 25 heavy (non-hydrogen) atoms. The van der Waals surface area contributed by atoms with Crippen LogP contribution in [-0.2, 0) is 0 Å². The number of fused-ring (bicyclic) bond motifs is 5. The summed E-state index contributed by atoms with van der Waals surface area (Å²) in [6.45, 7) is 11.2. The number of aliphatic hydroxyl groups is 2.